The first kappa shape index (κ1) is 15.0. The second kappa shape index (κ2) is 6.83. The smallest absolute Gasteiger partial charge is 0.104 e. The van der Waals surface area contributed by atoms with Crippen LogP contribution in [0.5, 0.6) is 0 Å². The van der Waals surface area contributed by atoms with E-state index in [1.54, 1.807) is 11.8 Å². The standard InChI is InChI=1S/C16H21N3S/c1-3-9-18-16(2,12-17)8-10-20-15-11-13-6-4-5-7-14(13)19-15/h4-7,11,18-19H,3,8-10H2,1-2H3. The van der Waals surface area contributed by atoms with Crippen LogP contribution in [0.3, 0.4) is 0 Å². The Morgan fingerprint density at radius 2 is 2.20 bits per heavy atom. The van der Waals surface area contributed by atoms with Crippen LogP contribution in [0.15, 0.2) is 35.4 Å². The van der Waals surface area contributed by atoms with Crippen LogP contribution in [-0.2, 0) is 0 Å². The van der Waals surface area contributed by atoms with Gasteiger partial charge in [-0.2, -0.15) is 5.26 Å². The zero-order valence-corrected chi connectivity index (χ0v) is 12.9. The second-order valence-electron chi connectivity index (χ2n) is 5.19. The summed E-state index contributed by atoms with van der Waals surface area (Å²) in [6.07, 6.45) is 1.88. The number of aromatic nitrogens is 1. The number of rotatable bonds is 7. The highest BCUT2D eigenvalue weighted by atomic mass is 32.2. The van der Waals surface area contributed by atoms with E-state index >= 15 is 0 Å². The third-order valence-corrected chi connectivity index (χ3v) is 4.32. The third-order valence-electron chi connectivity index (χ3n) is 3.38. The van der Waals surface area contributed by atoms with Crippen LogP contribution in [-0.4, -0.2) is 22.8 Å². The van der Waals surface area contributed by atoms with E-state index in [1.807, 2.05) is 19.1 Å². The predicted octanol–water partition coefficient (Wildman–Crippen LogP) is 3.93. The van der Waals surface area contributed by atoms with Crippen molar-refractivity contribution in [2.75, 3.05) is 12.3 Å². The summed E-state index contributed by atoms with van der Waals surface area (Å²) in [5, 5.41) is 15.0. The van der Waals surface area contributed by atoms with Gasteiger partial charge in [0.1, 0.15) is 5.54 Å². The summed E-state index contributed by atoms with van der Waals surface area (Å²) in [6.45, 7) is 4.99. The highest BCUT2D eigenvalue weighted by Gasteiger charge is 2.22. The molecule has 2 rings (SSSR count). The monoisotopic (exact) mass is 287 g/mol. The zero-order valence-electron chi connectivity index (χ0n) is 12.1. The highest BCUT2D eigenvalue weighted by molar-refractivity contribution is 7.99. The molecule has 0 bridgehead atoms. The molecular formula is C16H21N3S. The Morgan fingerprint density at radius 1 is 1.40 bits per heavy atom. The lowest BCUT2D eigenvalue weighted by Crippen LogP contribution is -2.41. The fourth-order valence-corrected chi connectivity index (χ4v) is 3.20. The molecule has 0 saturated carbocycles. The average molecular weight is 287 g/mol. The normalized spacial score (nSPS) is 14.1. The molecule has 1 atom stereocenters. The highest BCUT2D eigenvalue weighted by Crippen LogP contribution is 2.25. The lowest BCUT2D eigenvalue weighted by atomic mass is 10.0. The molecule has 0 radical (unpaired) electrons. The van der Waals surface area contributed by atoms with Gasteiger partial charge in [-0.05, 0) is 38.4 Å². The molecule has 20 heavy (non-hydrogen) atoms. The maximum absolute atomic E-state index is 9.29. The van der Waals surface area contributed by atoms with Gasteiger partial charge < -0.3 is 4.98 Å². The van der Waals surface area contributed by atoms with Crippen LogP contribution in [0, 0.1) is 11.3 Å². The van der Waals surface area contributed by atoms with Crippen molar-refractivity contribution in [2.24, 2.45) is 0 Å². The Bertz CT molecular complexity index is 566. The molecule has 0 amide bonds. The summed E-state index contributed by atoms with van der Waals surface area (Å²) < 4.78 is 0. The fourth-order valence-electron chi connectivity index (χ4n) is 2.07. The topological polar surface area (TPSA) is 51.6 Å². The molecule has 0 aliphatic heterocycles. The maximum Gasteiger partial charge on any atom is 0.104 e. The molecule has 2 N–H and O–H groups in total. The number of benzene rings is 1. The molecule has 3 nitrogen and oxygen atoms in total. The summed E-state index contributed by atoms with van der Waals surface area (Å²) >= 11 is 1.78. The molecule has 1 heterocycles. The average Bonchev–Trinajstić information content (AvgIpc) is 2.87. The van der Waals surface area contributed by atoms with Crippen LogP contribution < -0.4 is 5.32 Å². The van der Waals surface area contributed by atoms with Gasteiger partial charge in [-0.1, -0.05) is 25.1 Å². The quantitative estimate of drug-likeness (QED) is 0.759. The summed E-state index contributed by atoms with van der Waals surface area (Å²) in [7, 11) is 0. The minimum Gasteiger partial charge on any atom is -0.350 e. The largest absolute Gasteiger partial charge is 0.350 e. The van der Waals surface area contributed by atoms with E-state index in [2.05, 4.69) is 41.5 Å². The Morgan fingerprint density at radius 3 is 2.90 bits per heavy atom. The first-order valence-electron chi connectivity index (χ1n) is 7.04. The minimum absolute atomic E-state index is 0.422. The van der Waals surface area contributed by atoms with Crippen molar-refractivity contribution < 1.29 is 0 Å². The second-order valence-corrected chi connectivity index (χ2v) is 6.33. The van der Waals surface area contributed by atoms with Gasteiger partial charge in [0, 0.05) is 16.7 Å². The number of fused-ring (bicyclic) bond motifs is 1. The van der Waals surface area contributed by atoms with Gasteiger partial charge in [0.25, 0.3) is 0 Å². The van der Waals surface area contributed by atoms with E-state index in [1.165, 1.54) is 15.9 Å². The first-order chi connectivity index (χ1) is 9.67. The van der Waals surface area contributed by atoms with Gasteiger partial charge in [-0.25, -0.2) is 0 Å². The van der Waals surface area contributed by atoms with Crippen molar-refractivity contribution in [2.45, 2.75) is 37.3 Å². The molecule has 0 aliphatic carbocycles. The van der Waals surface area contributed by atoms with Gasteiger partial charge in [0.15, 0.2) is 0 Å². The van der Waals surface area contributed by atoms with E-state index in [-0.39, 0.29) is 0 Å². The number of nitrogens with one attached hydrogen (secondary N) is 2. The molecule has 0 spiro atoms. The van der Waals surface area contributed by atoms with Crippen LogP contribution in [0.4, 0.5) is 0 Å². The molecule has 4 heteroatoms. The molecule has 2 aromatic rings. The van der Waals surface area contributed by atoms with E-state index in [9.17, 15) is 5.26 Å². The number of hydrogen-bond donors (Lipinski definition) is 2. The van der Waals surface area contributed by atoms with Crippen molar-refractivity contribution in [3.63, 3.8) is 0 Å². The number of nitrogens with zero attached hydrogens (tertiary/aromatic N) is 1. The van der Waals surface area contributed by atoms with Crippen molar-refractivity contribution in [1.82, 2.24) is 10.3 Å². The van der Waals surface area contributed by atoms with Gasteiger partial charge in [0.2, 0.25) is 0 Å². The van der Waals surface area contributed by atoms with Gasteiger partial charge in [-0.3, -0.25) is 5.32 Å². The van der Waals surface area contributed by atoms with Crippen LogP contribution in [0.1, 0.15) is 26.7 Å². The number of H-pyrrole nitrogens is 1. The van der Waals surface area contributed by atoms with Crippen LogP contribution in [0.2, 0.25) is 0 Å². The van der Waals surface area contributed by atoms with Crippen molar-refractivity contribution in [1.29, 1.82) is 5.26 Å². The molecule has 106 valence electrons. The number of thioether (sulfide) groups is 1. The molecule has 1 unspecified atom stereocenters. The molecule has 1 aromatic heterocycles. The zero-order chi connectivity index (χ0) is 14.4. The fraction of sp³-hybridized carbons (Fsp3) is 0.438. The van der Waals surface area contributed by atoms with Crippen molar-refractivity contribution >= 4 is 22.7 Å². The van der Waals surface area contributed by atoms with Crippen LogP contribution >= 0.6 is 11.8 Å². The lowest BCUT2D eigenvalue weighted by molar-refractivity contribution is 0.437. The lowest BCUT2D eigenvalue weighted by Gasteiger charge is -2.22. The molecule has 1 aromatic carbocycles. The minimum atomic E-state index is -0.422. The van der Waals surface area contributed by atoms with E-state index in [0.29, 0.717) is 0 Å². The van der Waals surface area contributed by atoms with Crippen molar-refractivity contribution in [3.8, 4) is 6.07 Å². The van der Waals surface area contributed by atoms with E-state index < -0.39 is 5.54 Å². The Labute approximate surface area is 124 Å². The molecule has 0 saturated heterocycles. The number of hydrogen-bond acceptors (Lipinski definition) is 3. The molecular weight excluding hydrogens is 266 g/mol. The summed E-state index contributed by atoms with van der Waals surface area (Å²) in [5.74, 6) is 0.924. The molecule has 0 fully saturated rings. The first-order valence-corrected chi connectivity index (χ1v) is 8.02. The van der Waals surface area contributed by atoms with Crippen LogP contribution in [0.25, 0.3) is 10.9 Å². The predicted molar refractivity (Wildman–Crippen MR) is 86.0 cm³/mol. The van der Waals surface area contributed by atoms with Gasteiger partial charge in [-0.15, -0.1) is 11.8 Å². The van der Waals surface area contributed by atoms with Gasteiger partial charge >= 0.3 is 0 Å². The van der Waals surface area contributed by atoms with E-state index in [0.717, 1.165) is 25.1 Å². The summed E-state index contributed by atoms with van der Waals surface area (Å²) in [5.41, 5.74) is 0.747. The maximum atomic E-state index is 9.29. The Kier molecular flexibility index (Phi) is 5.11. The summed E-state index contributed by atoms with van der Waals surface area (Å²) in [6, 6.07) is 12.8. The number of nitriles is 1. The van der Waals surface area contributed by atoms with Gasteiger partial charge in [0.05, 0.1) is 11.1 Å². The Balaban J connectivity index is 1.90. The number of aromatic amines is 1. The molecule has 0 aliphatic rings. The Hall–Kier alpha value is -1.44. The number of para-hydroxylation sites is 1. The SMILES string of the molecule is CCCNC(C)(C#N)CCSc1cc2ccccc2[nH]1. The van der Waals surface area contributed by atoms with E-state index in [4.69, 9.17) is 0 Å². The summed E-state index contributed by atoms with van der Waals surface area (Å²) in [4.78, 5) is 3.40. The third kappa shape index (κ3) is 3.78. The van der Waals surface area contributed by atoms with Crippen molar-refractivity contribution in [3.05, 3.63) is 30.3 Å².